The Morgan fingerprint density at radius 3 is 2.61 bits per heavy atom. The first kappa shape index (κ1) is 24.7. The standard InChI is InChI=1S/C27H30N6O3/c1-4-22(34)33(19-9-7-6-8-10-19)16-27(13-14-27)32-26-23(25(29)30-17-31-26)24(28)18-11-12-20(36-5-2)21(15-18)35-3/h4,6-12,15,17,28H,1,5,13-14,16H2,2-3H3,(H3,29,30,31,32). The number of anilines is 3. The third-order valence-electron chi connectivity index (χ3n) is 6.09. The van der Waals surface area contributed by atoms with Crippen LogP contribution in [0.15, 0.2) is 67.5 Å². The topological polar surface area (TPSA) is 126 Å². The van der Waals surface area contributed by atoms with Gasteiger partial charge in [-0.15, -0.1) is 0 Å². The summed E-state index contributed by atoms with van der Waals surface area (Å²) in [6.07, 6.45) is 4.34. The van der Waals surface area contributed by atoms with Crippen molar-refractivity contribution in [2.75, 3.05) is 36.2 Å². The number of rotatable bonds is 11. The summed E-state index contributed by atoms with van der Waals surface area (Å²) in [5.74, 6) is 1.55. The van der Waals surface area contributed by atoms with Crippen molar-refractivity contribution in [2.24, 2.45) is 0 Å². The molecule has 3 aromatic rings. The van der Waals surface area contributed by atoms with Gasteiger partial charge in [0.2, 0.25) is 5.91 Å². The molecular weight excluding hydrogens is 456 g/mol. The third-order valence-corrected chi connectivity index (χ3v) is 6.09. The summed E-state index contributed by atoms with van der Waals surface area (Å²) >= 11 is 0. The number of aromatic nitrogens is 2. The van der Waals surface area contributed by atoms with E-state index in [0.717, 1.165) is 18.5 Å². The van der Waals surface area contributed by atoms with Crippen molar-refractivity contribution in [2.45, 2.75) is 25.3 Å². The summed E-state index contributed by atoms with van der Waals surface area (Å²) in [4.78, 5) is 22.9. The maximum atomic E-state index is 12.7. The molecule has 0 atom stereocenters. The van der Waals surface area contributed by atoms with E-state index in [1.54, 1.807) is 30.2 Å². The van der Waals surface area contributed by atoms with E-state index < -0.39 is 5.54 Å². The molecule has 1 fully saturated rings. The fraction of sp³-hybridized carbons (Fsp3) is 0.259. The van der Waals surface area contributed by atoms with Crippen LogP contribution in [0.4, 0.5) is 17.3 Å². The zero-order valence-electron chi connectivity index (χ0n) is 20.5. The fourth-order valence-electron chi connectivity index (χ4n) is 4.02. The first-order valence-electron chi connectivity index (χ1n) is 11.7. The molecule has 1 amide bonds. The van der Waals surface area contributed by atoms with E-state index in [9.17, 15) is 4.79 Å². The fourth-order valence-corrected chi connectivity index (χ4v) is 4.02. The van der Waals surface area contributed by atoms with E-state index in [4.69, 9.17) is 20.6 Å². The normalized spacial score (nSPS) is 13.4. The summed E-state index contributed by atoms with van der Waals surface area (Å²) in [6, 6.07) is 14.7. The van der Waals surface area contributed by atoms with Gasteiger partial charge in [-0.25, -0.2) is 9.97 Å². The van der Waals surface area contributed by atoms with Gasteiger partial charge in [0.05, 0.1) is 30.5 Å². The van der Waals surface area contributed by atoms with Gasteiger partial charge >= 0.3 is 0 Å². The monoisotopic (exact) mass is 486 g/mol. The van der Waals surface area contributed by atoms with Crippen molar-refractivity contribution >= 4 is 28.9 Å². The second kappa shape index (κ2) is 10.5. The molecule has 1 aromatic heterocycles. The zero-order valence-corrected chi connectivity index (χ0v) is 20.5. The van der Waals surface area contributed by atoms with Crippen LogP contribution >= 0.6 is 0 Å². The Hall–Kier alpha value is -4.40. The van der Waals surface area contributed by atoms with Gasteiger partial charge < -0.3 is 25.4 Å². The molecule has 0 saturated heterocycles. The summed E-state index contributed by atoms with van der Waals surface area (Å²) in [5, 5.41) is 12.4. The first-order chi connectivity index (χ1) is 17.4. The van der Waals surface area contributed by atoms with Gasteiger partial charge in [0.25, 0.3) is 0 Å². The molecule has 1 aliphatic carbocycles. The van der Waals surface area contributed by atoms with Crippen LogP contribution in [0.1, 0.15) is 30.9 Å². The molecule has 1 heterocycles. The predicted octanol–water partition coefficient (Wildman–Crippen LogP) is 4.05. The highest BCUT2D eigenvalue weighted by atomic mass is 16.5. The highest BCUT2D eigenvalue weighted by Crippen LogP contribution is 2.41. The summed E-state index contributed by atoms with van der Waals surface area (Å²) in [5.41, 5.74) is 7.73. The molecule has 36 heavy (non-hydrogen) atoms. The largest absolute Gasteiger partial charge is 0.493 e. The van der Waals surface area contributed by atoms with E-state index in [-0.39, 0.29) is 17.4 Å². The van der Waals surface area contributed by atoms with Crippen LogP contribution in [0.25, 0.3) is 0 Å². The molecule has 186 valence electrons. The molecule has 0 aliphatic heterocycles. The number of para-hydroxylation sites is 1. The second-order valence-corrected chi connectivity index (χ2v) is 8.53. The molecular formula is C27H30N6O3. The number of hydrogen-bond donors (Lipinski definition) is 3. The smallest absolute Gasteiger partial charge is 0.250 e. The number of carbonyl (C=O) groups excluding carboxylic acids is 1. The maximum absolute atomic E-state index is 12.7. The summed E-state index contributed by atoms with van der Waals surface area (Å²) in [6.45, 7) is 6.46. The Bertz CT molecular complexity index is 1270. The summed E-state index contributed by atoms with van der Waals surface area (Å²) in [7, 11) is 1.55. The number of nitrogens with one attached hydrogen (secondary N) is 2. The number of nitrogens with two attached hydrogens (primary N) is 1. The van der Waals surface area contributed by atoms with Crippen molar-refractivity contribution in [1.29, 1.82) is 5.41 Å². The van der Waals surface area contributed by atoms with Crippen molar-refractivity contribution < 1.29 is 14.3 Å². The zero-order chi connectivity index (χ0) is 25.7. The van der Waals surface area contributed by atoms with Crippen LogP contribution in [0, 0.1) is 5.41 Å². The Morgan fingerprint density at radius 1 is 1.22 bits per heavy atom. The van der Waals surface area contributed by atoms with Gasteiger partial charge in [0.15, 0.2) is 11.5 Å². The van der Waals surface area contributed by atoms with Crippen molar-refractivity contribution in [3.63, 3.8) is 0 Å². The maximum Gasteiger partial charge on any atom is 0.250 e. The SMILES string of the molecule is C=CC(=O)N(CC1(Nc2ncnc(N)c2C(=N)c2ccc(OCC)c(OC)c2)CC1)c1ccccc1. The van der Waals surface area contributed by atoms with Gasteiger partial charge in [0, 0.05) is 17.8 Å². The number of nitrogen functional groups attached to an aromatic ring is 1. The molecule has 1 aliphatic rings. The molecule has 0 radical (unpaired) electrons. The van der Waals surface area contributed by atoms with E-state index in [1.165, 1.54) is 12.4 Å². The van der Waals surface area contributed by atoms with E-state index in [2.05, 4.69) is 21.9 Å². The molecule has 0 unspecified atom stereocenters. The van der Waals surface area contributed by atoms with Gasteiger partial charge in [-0.1, -0.05) is 24.8 Å². The number of nitrogens with zero attached hydrogens (tertiary/aromatic N) is 3. The van der Waals surface area contributed by atoms with Crippen LogP contribution in [-0.4, -0.2) is 47.4 Å². The van der Waals surface area contributed by atoms with Gasteiger partial charge in [-0.2, -0.15) is 0 Å². The van der Waals surface area contributed by atoms with Crippen LogP contribution in [-0.2, 0) is 4.79 Å². The van der Waals surface area contributed by atoms with E-state index in [1.807, 2.05) is 37.3 Å². The van der Waals surface area contributed by atoms with Crippen molar-refractivity contribution in [3.05, 3.63) is 78.6 Å². The Labute approximate surface area is 210 Å². The number of carbonyl (C=O) groups is 1. The molecule has 0 bridgehead atoms. The third kappa shape index (κ3) is 5.14. The average Bonchev–Trinajstić information content (AvgIpc) is 3.66. The number of methoxy groups -OCH3 is 1. The highest BCUT2D eigenvalue weighted by Gasteiger charge is 2.46. The van der Waals surface area contributed by atoms with Crippen molar-refractivity contribution in [1.82, 2.24) is 9.97 Å². The Balaban J connectivity index is 1.64. The van der Waals surface area contributed by atoms with Gasteiger partial charge in [-0.3, -0.25) is 10.2 Å². The molecule has 0 spiro atoms. The lowest BCUT2D eigenvalue weighted by atomic mass is 10.0. The van der Waals surface area contributed by atoms with Crippen molar-refractivity contribution in [3.8, 4) is 11.5 Å². The minimum absolute atomic E-state index is 0.148. The Kier molecular flexibility index (Phi) is 7.19. The lowest BCUT2D eigenvalue weighted by molar-refractivity contribution is -0.114. The van der Waals surface area contributed by atoms with Crippen LogP contribution in [0.3, 0.4) is 0 Å². The minimum Gasteiger partial charge on any atom is -0.493 e. The predicted molar refractivity (Wildman–Crippen MR) is 141 cm³/mol. The Morgan fingerprint density at radius 2 is 1.97 bits per heavy atom. The van der Waals surface area contributed by atoms with Crippen LogP contribution in [0.5, 0.6) is 11.5 Å². The lowest BCUT2D eigenvalue weighted by Gasteiger charge is -2.28. The second-order valence-electron chi connectivity index (χ2n) is 8.53. The number of amides is 1. The number of benzene rings is 2. The molecule has 9 nitrogen and oxygen atoms in total. The van der Waals surface area contributed by atoms with E-state index in [0.29, 0.717) is 41.6 Å². The molecule has 4 rings (SSSR count). The quantitative estimate of drug-likeness (QED) is 0.276. The first-order valence-corrected chi connectivity index (χ1v) is 11.7. The van der Waals surface area contributed by atoms with Crippen LogP contribution < -0.4 is 25.4 Å². The highest BCUT2D eigenvalue weighted by molar-refractivity contribution is 6.16. The molecule has 9 heteroatoms. The molecule has 4 N–H and O–H groups in total. The average molecular weight is 487 g/mol. The van der Waals surface area contributed by atoms with Gasteiger partial charge in [0.1, 0.15) is 18.0 Å². The minimum atomic E-state index is -0.416. The molecule has 1 saturated carbocycles. The number of ether oxygens (including phenoxy) is 2. The van der Waals surface area contributed by atoms with Crippen LogP contribution in [0.2, 0.25) is 0 Å². The number of hydrogen-bond acceptors (Lipinski definition) is 8. The lowest BCUT2D eigenvalue weighted by Crippen LogP contribution is -2.42. The summed E-state index contributed by atoms with van der Waals surface area (Å²) < 4.78 is 11.0. The van der Waals surface area contributed by atoms with E-state index >= 15 is 0 Å². The molecule has 2 aromatic carbocycles. The van der Waals surface area contributed by atoms with Gasteiger partial charge in [-0.05, 0) is 56.2 Å².